The Bertz CT molecular complexity index is 1050. The highest BCUT2D eigenvalue weighted by Gasteiger charge is 2.26. The summed E-state index contributed by atoms with van der Waals surface area (Å²) in [6.07, 6.45) is 1.51. The summed E-state index contributed by atoms with van der Waals surface area (Å²) in [5, 5.41) is 0.567. The van der Waals surface area contributed by atoms with E-state index < -0.39 is 11.9 Å². The van der Waals surface area contributed by atoms with Crippen molar-refractivity contribution >= 4 is 63.0 Å². The van der Waals surface area contributed by atoms with Crippen LogP contribution in [0, 0.1) is 0 Å². The van der Waals surface area contributed by atoms with Crippen LogP contribution < -0.4 is 9.47 Å². The number of benzene rings is 2. The minimum atomic E-state index is -0.634. The van der Waals surface area contributed by atoms with Gasteiger partial charge in [0.15, 0.2) is 17.2 Å². The van der Waals surface area contributed by atoms with E-state index in [4.69, 9.17) is 37.4 Å². The van der Waals surface area contributed by atoms with E-state index in [1.807, 2.05) is 0 Å². The molecule has 9 heteroatoms. The van der Waals surface area contributed by atoms with Gasteiger partial charge in [-0.25, -0.2) is 9.79 Å². The van der Waals surface area contributed by atoms with E-state index in [0.717, 1.165) is 0 Å². The number of hydrogen-bond acceptors (Lipinski definition) is 6. The predicted octanol–water partition coefficient (Wildman–Crippen LogP) is 5.03. The Kier molecular flexibility index (Phi) is 6.07. The summed E-state index contributed by atoms with van der Waals surface area (Å²) >= 11 is 15.5. The van der Waals surface area contributed by atoms with Crippen LogP contribution in [0.4, 0.5) is 0 Å². The quantitative estimate of drug-likeness (QED) is 0.345. The van der Waals surface area contributed by atoms with Crippen LogP contribution in [0.5, 0.6) is 11.5 Å². The molecule has 1 aliphatic rings. The molecule has 6 nitrogen and oxygen atoms in total. The Labute approximate surface area is 178 Å². The molecular weight excluding hydrogens is 473 g/mol. The third-order valence-electron chi connectivity index (χ3n) is 3.60. The minimum absolute atomic E-state index is 0.0614. The summed E-state index contributed by atoms with van der Waals surface area (Å²) in [5.74, 6) is -0.514. The van der Waals surface area contributed by atoms with Crippen molar-refractivity contribution in [3.05, 3.63) is 61.7 Å². The summed E-state index contributed by atoms with van der Waals surface area (Å²) in [5.41, 5.74) is 1.06. The van der Waals surface area contributed by atoms with Crippen LogP contribution in [0.3, 0.4) is 0 Å². The van der Waals surface area contributed by atoms with Crippen molar-refractivity contribution in [2.24, 2.45) is 4.99 Å². The molecule has 0 radical (unpaired) electrons. The summed E-state index contributed by atoms with van der Waals surface area (Å²) in [7, 11) is 1.44. The zero-order valence-corrected chi connectivity index (χ0v) is 17.7. The number of halogens is 3. The first-order chi connectivity index (χ1) is 13.3. The highest BCUT2D eigenvalue weighted by Crippen LogP contribution is 2.38. The number of carbonyl (C=O) groups is 2. The van der Waals surface area contributed by atoms with Crippen LogP contribution in [0.2, 0.25) is 10.0 Å². The zero-order chi connectivity index (χ0) is 20.4. The standard InChI is InChI=1S/C19H12BrCl2NO5/c1-9(24)27-17-12(20)6-10(8-15(17)26-2)7-14-19(25)28-18(23-14)11-4-3-5-13(21)16(11)22/h3-8H,1-2H3. The molecule has 0 N–H and O–H groups in total. The van der Waals surface area contributed by atoms with Gasteiger partial charge in [-0.05, 0) is 51.8 Å². The Hall–Kier alpha value is -2.35. The normalized spacial score (nSPS) is 14.7. The Balaban J connectivity index is 2.00. The third-order valence-corrected chi connectivity index (χ3v) is 5.01. The summed E-state index contributed by atoms with van der Waals surface area (Å²) < 4.78 is 16.1. The molecule has 0 spiro atoms. The second kappa shape index (κ2) is 8.34. The molecule has 2 aromatic carbocycles. The van der Waals surface area contributed by atoms with Gasteiger partial charge in [-0.1, -0.05) is 29.3 Å². The molecule has 0 saturated carbocycles. The number of aliphatic imine (C=N–C) groups is 1. The van der Waals surface area contributed by atoms with Crippen molar-refractivity contribution in [3.8, 4) is 11.5 Å². The number of methoxy groups -OCH3 is 1. The molecule has 1 heterocycles. The van der Waals surface area contributed by atoms with E-state index >= 15 is 0 Å². The molecule has 3 rings (SSSR count). The number of carbonyl (C=O) groups excluding carboxylic acids is 2. The molecule has 2 aromatic rings. The average molecular weight is 485 g/mol. The molecule has 0 unspecified atom stereocenters. The largest absolute Gasteiger partial charge is 0.493 e. The lowest BCUT2D eigenvalue weighted by Crippen LogP contribution is -2.06. The van der Waals surface area contributed by atoms with Crippen molar-refractivity contribution in [1.29, 1.82) is 0 Å². The molecule has 0 atom stereocenters. The zero-order valence-electron chi connectivity index (χ0n) is 14.6. The van der Waals surface area contributed by atoms with E-state index in [0.29, 0.717) is 26.4 Å². The maximum atomic E-state index is 12.2. The summed E-state index contributed by atoms with van der Waals surface area (Å²) in [6.45, 7) is 1.29. The van der Waals surface area contributed by atoms with Crippen LogP contribution in [0.15, 0.2) is 45.5 Å². The topological polar surface area (TPSA) is 74.2 Å². The van der Waals surface area contributed by atoms with Gasteiger partial charge in [-0.3, -0.25) is 4.79 Å². The van der Waals surface area contributed by atoms with Crippen molar-refractivity contribution < 1.29 is 23.8 Å². The minimum Gasteiger partial charge on any atom is -0.493 e. The van der Waals surface area contributed by atoms with Crippen LogP contribution in [0.25, 0.3) is 6.08 Å². The van der Waals surface area contributed by atoms with E-state index in [1.165, 1.54) is 20.1 Å². The van der Waals surface area contributed by atoms with Crippen LogP contribution >= 0.6 is 39.1 Å². The molecule has 0 saturated heterocycles. The Morgan fingerprint density at radius 2 is 2.04 bits per heavy atom. The molecule has 144 valence electrons. The number of nitrogens with zero attached hydrogens (tertiary/aromatic N) is 1. The molecule has 1 aliphatic heterocycles. The molecule has 0 aromatic heterocycles. The first kappa shape index (κ1) is 20.4. The molecule has 0 bridgehead atoms. The van der Waals surface area contributed by atoms with Crippen molar-refractivity contribution in [2.45, 2.75) is 6.92 Å². The van der Waals surface area contributed by atoms with Crippen molar-refractivity contribution in [1.82, 2.24) is 0 Å². The van der Waals surface area contributed by atoms with E-state index in [1.54, 1.807) is 30.3 Å². The number of cyclic esters (lactones) is 1. The fourth-order valence-corrected chi connectivity index (χ4v) is 3.34. The lowest BCUT2D eigenvalue weighted by Gasteiger charge is -2.11. The number of ether oxygens (including phenoxy) is 3. The van der Waals surface area contributed by atoms with Crippen LogP contribution in [0.1, 0.15) is 18.1 Å². The maximum absolute atomic E-state index is 12.2. The second-order valence-corrected chi connectivity index (χ2v) is 7.20. The molecule has 28 heavy (non-hydrogen) atoms. The van der Waals surface area contributed by atoms with Gasteiger partial charge in [-0.2, -0.15) is 0 Å². The average Bonchev–Trinajstić information content (AvgIpc) is 2.99. The molecular formula is C19H12BrCl2NO5. The predicted molar refractivity (Wildman–Crippen MR) is 109 cm³/mol. The highest BCUT2D eigenvalue weighted by molar-refractivity contribution is 9.10. The lowest BCUT2D eigenvalue weighted by atomic mass is 10.1. The number of esters is 2. The van der Waals surface area contributed by atoms with Gasteiger partial charge in [0.25, 0.3) is 0 Å². The first-order valence-electron chi connectivity index (χ1n) is 7.83. The smallest absolute Gasteiger partial charge is 0.363 e. The maximum Gasteiger partial charge on any atom is 0.363 e. The van der Waals surface area contributed by atoms with Gasteiger partial charge in [0.05, 0.1) is 27.2 Å². The molecule has 0 amide bonds. The van der Waals surface area contributed by atoms with Crippen molar-refractivity contribution in [3.63, 3.8) is 0 Å². The SMILES string of the molecule is COc1cc(C=C2N=C(c3cccc(Cl)c3Cl)OC2=O)cc(Br)c1OC(C)=O. The lowest BCUT2D eigenvalue weighted by molar-refractivity contribution is -0.132. The Morgan fingerprint density at radius 1 is 1.29 bits per heavy atom. The van der Waals surface area contributed by atoms with E-state index in [2.05, 4.69) is 20.9 Å². The highest BCUT2D eigenvalue weighted by atomic mass is 79.9. The van der Waals surface area contributed by atoms with Gasteiger partial charge in [0.1, 0.15) is 0 Å². The first-order valence-corrected chi connectivity index (χ1v) is 9.38. The Morgan fingerprint density at radius 3 is 2.71 bits per heavy atom. The van der Waals surface area contributed by atoms with Crippen molar-refractivity contribution in [2.75, 3.05) is 7.11 Å². The fourth-order valence-electron chi connectivity index (χ4n) is 2.42. The molecule has 0 aliphatic carbocycles. The number of hydrogen-bond donors (Lipinski definition) is 0. The van der Waals surface area contributed by atoms with E-state index in [9.17, 15) is 9.59 Å². The van der Waals surface area contributed by atoms with Crippen LogP contribution in [-0.4, -0.2) is 24.9 Å². The van der Waals surface area contributed by atoms with Gasteiger partial charge in [0, 0.05) is 6.92 Å². The third kappa shape index (κ3) is 4.22. The summed E-state index contributed by atoms with van der Waals surface area (Å²) in [4.78, 5) is 27.7. The fraction of sp³-hybridized carbons (Fsp3) is 0.105. The second-order valence-electron chi connectivity index (χ2n) is 5.57. The number of rotatable bonds is 4. The summed E-state index contributed by atoms with van der Waals surface area (Å²) in [6, 6.07) is 8.20. The monoisotopic (exact) mass is 483 g/mol. The van der Waals surface area contributed by atoms with Gasteiger partial charge >= 0.3 is 11.9 Å². The van der Waals surface area contributed by atoms with Gasteiger partial charge in [0.2, 0.25) is 5.90 Å². The van der Waals surface area contributed by atoms with Gasteiger partial charge in [-0.15, -0.1) is 0 Å². The van der Waals surface area contributed by atoms with Gasteiger partial charge < -0.3 is 14.2 Å². The van der Waals surface area contributed by atoms with E-state index in [-0.39, 0.29) is 22.4 Å². The molecule has 0 fully saturated rings. The van der Waals surface area contributed by atoms with Crippen LogP contribution in [-0.2, 0) is 14.3 Å².